The first-order chi connectivity index (χ1) is 8.61. The molecule has 0 aliphatic carbocycles. The Kier molecular flexibility index (Phi) is 3.99. The number of aliphatic hydroxyl groups is 1. The van der Waals surface area contributed by atoms with Gasteiger partial charge in [-0.25, -0.2) is 0 Å². The van der Waals surface area contributed by atoms with Gasteiger partial charge in [0.25, 0.3) is 0 Å². The van der Waals surface area contributed by atoms with Crippen LogP contribution in [0, 0.1) is 6.92 Å². The minimum atomic E-state index is -0.719. The van der Waals surface area contributed by atoms with Gasteiger partial charge in [-0.05, 0) is 58.2 Å². The zero-order valence-electron chi connectivity index (χ0n) is 10.2. The second kappa shape index (κ2) is 5.50. The quantitative estimate of drug-likeness (QED) is 0.946. The summed E-state index contributed by atoms with van der Waals surface area (Å²) in [5.74, 6) is 0.784. The van der Waals surface area contributed by atoms with Crippen molar-refractivity contribution in [3.8, 4) is 5.75 Å². The van der Waals surface area contributed by atoms with Gasteiger partial charge >= 0.3 is 0 Å². The number of aliphatic hydroxyl groups excluding tert-OH is 1. The van der Waals surface area contributed by atoms with Gasteiger partial charge in [0.15, 0.2) is 0 Å². The van der Waals surface area contributed by atoms with Gasteiger partial charge < -0.3 is 9.84 Å². The number of benzene rings is 1. The highest BCUT2D eigenvalue weighted by Crippen LogP contribution is 2.26. The number of pyridine rings is 1. The van der Waals surface area contributed by atoms with Crippen molar-refractivity contribution in [1.82, 2.24) is 4.98 Å². The minimum Gasteiger partial charge on any atom is -0.497 e. The van der Waals surface area contributed by atoms with Crippen LogP contribution in [-0.4, -0.2) is 17.2 Å². The van der Waals surface area contributed by atoms with Crippen LogP contribution in [-0.2, 0) is 0 Å². The summed E-state index contributed by atoms with van der Waals surface area (Å²) in [7, 11) is 1.63. The molecule has 0 saturated heterocycles. The Morgan fingerprint density at radius 1 is 1.28 bits per heavy atom. The van der Waals surface area contributed by atoms with E-state index in [9.17, 15) is 5.11 Å². The number of aromatic nitrogens is 1. The van der Waals surface area contributed by atoms with E-state index in [-0.39, 0.29) is 0 Å². The maximum absolute atomic E-state index is 10.3. The third kappa shape index (κ3) is 2.71. The summed E-state index contributed by atoms with van der Waals surface area (Å²) < 4.78 is 6.04. The number of hydrogen-bond acceptors (Lipinski definition) is 3. The van der Waals surface area contributed by atoms with Crippen molar-refractivity contribution in [1.29, 1.82) is 0 Å². The molecule has 0 aliphatic heterocycles. The maximum Gasteiger partial charge on any atom is 0.121 e. The second-order valence-electron chi connectivity index (χ2n) is 4.03. The molecule has 0 aliphatic rings. The van der Waals surface area contributed by atoms with Gasteiger partial charge in [-0.3, -0.25) is 4.98 Å². The van der Waals surface area contributed by atoms with E-state index >= 15 is 0 Å². The smallest absolute Gasteiger partial charge is 0.121 e. The summed E-state index contributed by atoms with van der Waals surface area (Å²) in [6, 6.07) is 9.27. The van der Waals surface area contributed by atoms with Crippen molar-refractivity contribution in [3.05, 3.63) is 57.8 Å². The molecule has 1 aromatic heterocycles. The highest BCUT2D eigenvalue weighted by Gasteiger charge is 2.14. The van der Waals surface area contributed by atoms with Crippen molar-refractivity contribution >= 4 is 15.9 Å². The number of ether oxygens (including phenoxy) is 1. The largest absolute Gasteiger partial charge is 0.497 e. The zero-order valence-corrected chi connectivity index (χ0v) is 11.8. The van der Waals surface area contributed by atoms with E-state index < -0.39 is 6.10 Å². The molecule has 2 rings (SSSR count). The predicted octanol–water partition coefficient (Wildman–Crippen LogP) is 3.24. The number of methoxy groups -OCH3 is 1. The van der Waals surface area contributed by atoms with Crippen LogP contribution >= 0.6 is 15.9 Å². The van der Waals surface area contributed by atoms with Crippen molar-refractivity contribution < 1.29 is 9.84 Å². The van der Waals surface area contributed by atoms with Crippen LogP contribution in [0.3, 0.4) is 0 Å². The average molecular weight is 308 g/mol. The first-order valence-corrected chi connectivity index (χ1v) is 6.35. The van der Waals surface area contributed by atoms with Gasteiger partial charge in [-0.1, -0.05) is 6.07 Å². The normalized spacial score (nSPS) is 12.2. The Labute approximate surface area is 115 Å². The molecule has 0 spiro atoms. The standard InChI is InChI=1S/C14H14BrNO2/c1-9-7-11(18-2)4-5-12(9)14(17)13-6-3-10(15)8-16-13/h3-8,14,17H,1-2H3. The van der Waals surface area contributed by atoms with Crippen LogP contribution in [0.2, 0.25) is 0 Å². The van der Waals surface area contributed by atoms with E-state index in [4.69, 9.17) is 4.74 Å². The Balaban J connectivity index is 2.33. The Morgan fingerprint density at radius 2 is 2.06 bits per heavy atom. The lowest BCUT2D eigenvalue weighted by Crippen LogP contribution is -2.04. The molecule has 1 N–H and O–H groups in total. The monoisotopic (exact) mass is 307 g/mol. The Morgan fingerprint density at radius 3 is 2.61 bits per heavy atom. The van der Waals surface area contributed by atoms with E-state index in [0.29, 0.717) is 5.69 Å². The molecule has 0 bridgehead atoms. The third-order valence-electron chi connectivity index (χ3n) is 2.80. The fraction of sp³-hybridized carbons (Fsp3) is 0.214. The van der Waals surface area contributed by atoms with Gasteiger partial charge in [-0.15, -0.1) is 0 Å². The van der Waals surface area contributed by atoms with E-state index in [0.717, 1.165) is 21.3 Å². The fourth-order valence-corrected chi connectivity index (χ4v) is 2.02. The molecule has 2 aromatic rings. The predicted molar refractivity (Wildman–Crippen MR) is 73.7 cm³/mol. The van der Waals surface area contributed by atoms with E-state index in [2.05, 4.69) is 20.9 Å². The van der Waals surface area contributed by atoms with Gasteiger partial charge in [-0.2, -0.15) is 0 Å². The molecule has 0 amide bonds. The van der Waals surface area contributed by atoms with E-state index in [1.54, 1.807) is 19.4 Å². The highest BCUT2D eigenvalue weighted by atomic mass is 79.9. The number of nitrogens with zero attached hydrogens (tertiary/aromatic N) is 1. The van der Waals surface area contributed by atoms with E-state index in [1.807, 2.05) is 31.2 Å². The molecule has 1 aromatic carbocycles. The highest BCUT2D eigenvalue weighted by molar-refractivity contribution is 9.10. The van der Waals surface area contributed by atoms with Crippen molar-refractivity contribution in [2.45, 2.75) is 13.0 Å². The summed E-state index contributed by atoms with van der Waals surface area (Å²) in [5, 5.41) is 10.3. The summed E-state index contributed by atoms with van der Waals surface area (Å²) in [4.78, 5) is 4.21. The zero-order chi connectivity index (χ0) is 13.1. The lowest BCUT2D eigenvalue weighted by atomic mass is 10.0. The van der Waals surface area contributed by atoms with Gasteiger partial charge in [0, 0.05) is 10.7 Å². The average Bonchev–Trinajstić information content (AvgIpc) is 2.38. The lowest BCUT2D eigenvalue weighted by molar-refractivity contribution is 0.214. The summed E-state index contributed by atoms with van der Waals surface area (Å²) >= 11 is 3.32. The molecule has 94 valence electrons. The summed E-state index contributed by atoms with van der Waals surface area (Å²) in [6.45, 7) is 1.94. The number of hydrogen-bond donors (Lipinski definition) is 1. The Bertz CT molecular complexity index is 540. The first kappa shape index (κ1) is 13.1. The second-order valence-corrected chi connectivity index (χ2v) is 4.94. The molecule has 4 heteroatoms. The fourth-order valence-electron chi connectivity index (χ4n) is 1.79. The molecule has 0 fully saturated rings. The molecule has 1 atom stereocenters. The molecule has 18 heavy (non-hydrogen) atoms. The van der Waals surface area contributed by atoms with Crippen LogP contribution in [0.4, 0.5) is 0 Å². The van der Waals surface area contributed by atoms with Gasteiger partial charge in [0.2, 0.25) is 0 Å². The first-order valence-electron chi connectivity index (χ1n) is 5.56. The lowest BCUT2D eigenvalue weighted by Gasteiger charge is -2.14. The number of halogens is 1. The SMILES string of the molecule is COc1ccc(C(O)c2ccc(Br)cn2)c(C)c1. The van der Waals surface area contributed by atoms with Crippen molar-refractivity contribution in [3.63, 3.8) is 0 Å². The topological polar surface area (TPSA) is 42.4 Å². The molecular weight excluding hydrogens is 294 g/mol. The van der Waals surface area contributed by atoms with Crippen LogP contribution in [0.25, 0.3) is 0 Å². The summed E-state index contributed by atoms with van der Waals surface area (Å²) in [6.07, 6.45) is 0.959. The summed E-state index contributed by atoms with van der Waals surface area (Å²) in [5.41, 5.74) is 2.45. The van der Waals surface area contributed by atoms with Crippen molar-refractivity contribution in [2.75, 3.05) is 7.11 Å². The number of aryl methyl sites for hydroxylation is 1. The van der Waals surface area contributed by atoms with Gasteiger partial charge in [0.1, 0.15) is 11.9 Å². The number of rotatable bonds is 3. The minimum absolute atomic E-state index is 0.631. The molecule has 1 heterocycles. The maximum atomic E-state index is 10.3. The van der Waals surface area contributed by atoms with Crippen LogP contribution in [0.15, 0.2) is 41.0 Å². The van der Waals surface area contributed by atoms with Gasteiger partial charge in [0.05, 0.1) is 12.8 Å². The van der Waals surface area contributed by atoms with Crippen LogP contribution in [0.5, 0.6) is 5.75 Å². The molecular formula is C14H14BrNO2. The third-order valence-corrected chi connectivity index (χ3v) is 3.27. The molecule has 0 saturated carbocycles. The van der Waals surface area contributed by atoms with Crippen molar-refractivity contribution in [2.24, 2.45) is 0 Å². The Hall–Kier alpha value is -1.39. The molecule has 0 radical (unpaired) electrons. The van der Waals surface area contributed by atoms with Crippen LogP contribution < -0.4 is 4.74 Å². The molecule has 1 unspecified atom stereocenters. The molecule has 3 nitrogen and oxygen atoms in total. The van der Waals surface area contributed by atoms with Crippen LogP contribution in [0.1, 0.15) is 22.9 Å². The van der Waals surface area contributed by atoms with E-state index in [1.165, 1.54) is 0 Å².